The molecule has 0 amide bonds. The summed E-state index contributed by atoms with van der Waals surface area (Å²) < 4.78 is 9.93. The second kappa shape index (κ2) is 8.82. The van der Waals surface area contributed by atoms with Gasteiger partial charge in [-0.15, -0.1) is 0 Å². The van der Waals surface area contributed by atoms with Gasteiger partial charge < -0.3 is 19.6 Å². The zero-order valence-electron chi connectivity index (χ0n) is 18.8. The minimum atomic E-state index is -0.703. The van der Waals surface area contributed by atoms with Gasteiger partial charge in [0.2, 0.25) is 0 Å². The molecule has 0 spiro atoms. The maximum Gasteiger partial charge on any atom is 0.142 e. The molecule has 1 unspecified atom stereocenters. The van der Waals surface area contributed by atoms with Crippen LogP contribution in [0.2, 0.25) is 0 Å². The van der Waals surface area contributed by atoms with Gasteiger partial charge in [0.25, 0.3) is 0 Å². The van der Waals surface area contributed by atoms with Crippen molar-refractivity contribution in [2.24, 2.45) is 0 Å². The third-order valence-corrected chi connectivity index (χ3v) is 6.19. The molecular formula is C25H31N5O2. The highest BCUT2D eigenvalue weighted by atomic mass is 16.5. The van der Waals surface area contributed by atoms with Crippen molar-refractivity contribution < 1.29 is 9.84 Å². The monoisotopic (exact) mass is 433 g/mol. The number of ether oxygens (including phenoxy) is 1. The van der Waals surface area contributed by atoms with E-state index in [2.05, 4.69) is 16.6 Å². The summed E-state index contributed by atoms with van der Waals surface area (Å²) in [6, 6.07) is 10.4. The molecule has 1 aliphatic rings. The zero-order valence-corrected chi connectivity index (χ0v) is 18.8. The summed E-state index contributed by atoms with van der Waals surface area (Å²) in [6.45, 7) is 4.49. The van der Waals surface area contributed by atoms with Crippen molar-refractivity contribution in [2.45, 2.75) is 64.5 Å². The van der Waals surface area contributed by atoms with E-state index in [1.165, 1.54) is 19.3 Å². The molecule has 1 saturated carbocycles. The molecule has 168 valence electrons. The van der Waals surface area contributed by atoms with Crippen LogP contribution in [-0.4, -0.2) is 36.5 Å². The summed E-state index contributed by atoms with van der Waals surface area (Å²) in [5.41, 5.74) is 3.31. The molecule has 1 aliphatic carbocycles. The van der Waals surface area contributed by atoms with Gasteiger partial charge in [0, 0.05) is 24.5 Å². The SMILES string of the molecule is CCCOc1ccn2c(C(C)O)nc(-c3nc4ccccn4c3NC3CCCCC3)c2c1. The summed E-state index contributed by atoms with van der Waals surface area (Å²) in [7, 11) is 0. The van der Waals surface area contributed by atoms with E-state index in [1.54, 1.807) is 6.92 Å². The molecule has 0 bridgehead atoms. The van der Waals surface area contributed by atoms with Gasteiger partial charge in [-0.25, -0.2) is 9.97 Å². The number of aromatic nitrogens is 4. The van der Waals surface area contributed by atoms with Gasteiger partial charge in [0.05, 0.1) is 12.1 Å². The van der Waals surface area contributed by atoms with E-state index in [1.807, 2.05) is 47.1 Å². The van der Waals surface area contributed by atoms with Crippen molar-refractivity contribution in [3.63, 3.8) is 0 Å². The Balaban J connectivity index is 1.68. The Bertz CT molecular complexity index is 1220. The molecule has 0 saturated heterocycles. The molecule has 0 aromatic carbocycles. The van der Waals surface area contributed by atoms with Gasteiger partial charge in [-0.1, -0.05) is 32.3 Å². The van der Waals surface area contributed by atoms with Crippen LogP contribution in [0, 0.1) is 0 Å². The second-order valence-corrected chi connectivity index (χ2v) is 8.68. The van der Waals surface area contributed by atoms with Gasteiger partial charge in [0.15, 0.2) is 0 Å². The van der Waals surface area contributed by atoms with E-state index in [4.69, 9.17) is 14.7 Å². The predicted octanol–water partition coefficient (Wildman–Crippen LogP) is 5.24. The minimum Gasteiger partial charge on any atom is -0.493 e. The zero-order chi connectivity index (χ0) is 22.1. The average Bonchev–Trinajstić information content (AvgIpc) is 3.37. The Morgan fingerprint density at radius 3 is 2.72 bits per heavy atom. The van der Waals surface area contributed by atoms with E-state index < -0.39 is 6.10 Å². The Hall–Kier alpha value is -3.06. The van der Waals surface area contributed by atoms with E-state index in [0.717, 1.165) is 53.4 Å². The lowest BCUT2D eigenvalue weighted by Crippen LogP contribution is -2.23. The Morgan fingerprint density at radius 2 is 1.94 bits per heavy atom. The number of pyridine rings is 2. The van der Waals surface area contributed by atoms with Crippen molar-refractivity contribution in [3.8, 4) is 17.1 Å². The van der Waals surface area contributed by atoms with Gasteiger partial charge in [-0.3, -0.25) is 4.40 Å². The molecule has 4 aromatic rings. The molecule has 7 nitrogen and oxygen atoms in total. The van der Waals surface area contributed by atoms with Crippen LogP contribution in [0.15, 0.2) is 42.7 Å². The summed E-state index contributed by atoms with van der Waals surface area (Å²) >= 11 is 0. The fourth-order valence-corrected chi connectivity index (χ4v) is 4.61. The molecule has 0 aliphatic heterocycles. The third-order valence-electron chi connectivity index (χ3n) is 6.19. The van der Waals surface area contributed by atoms with Crippen molar-refractivity contribution in [2.75, 3.05) is 11.9 Å². The second-order valence-electron chi connectivity index (χ2n) is 8.68. The number of hydrogen-bond donors (Lipinski definition) is 2. The summed E-state index contributed by atoms with van der Waals surface area (Å²) in [5.74, 6) is 2.35. The minimum absolute atomic E-state index is 0.427. The highest BCUT2D eigenvalue weighted by molar-refractivity contribution is 5.85. The van der Waals surface area contributed by atoms with Crippen LogP contribution in [0.3, 0.4) is 0 Å². The lowest BCUT2D eigenvalue weighted by Gasteiger charge is -2.24. The molecule has 1 atom stereocenters. The van der Waals surface area contributed by atoms with E-state index in [9.17, 15) is 5.11 Å². The number of rotatable bonds is 7. The average molecular weight is 434 g/mol. The summed E-state index contributed by atoms with van der Waals surface area (Å²) in [4.78, 5) is 9.84. The number of imidazole rings is 2. The predicted molar refractivity (Wildman–Crippen MR) is 126 cm³/mol. The first-order chi connectivity index (χ1) is 15.7. The lowest BCUT2D eigenvalue weighted by atomic mass is 9.95. The van der Waals surface area contributed by atoms with E-state index >= 15 is 0 Å². The number of hydrogen-bond acceptors (Lipinski definition) is 5. The molecular weight excluding hydrogens is 402 g/mol. The van der Waals surface area contributed by atoms with Crippen molar-refractivity contribution in [1.29, 1.82) is 0 Å². The van der Waals surface area contributed by atoms with Crippen LogP contribution in [0.25, 0.3) is 22.6 Å². The van der Waals surface area contributed by atoms with E-state index in [0.29, 0.717) is 18.5 Å². The highest BCUT2D eigenvalue weighted by Gasteiger charge is 2.24. The van der Waals surface area contributed by atoms with Crippen LogP contribution in [0.4, 0.5) is 5.82 Å². The molecule has 4 heterocycles. The van der Waals surface area contributed by atoms with Crippen LogP contribution in [-0.2, 0) is 0 Å². The van der Waals surface area contributed by atoms with Gasteiger partial charge >= 0.3 is 0 Å². The van der Waals surface area contributed by atoms with E-state index in [-0.39, 0.29) is 0 Å². The highest BCUT2D eigenvalue weighted by Crippen LogP contribution is 2.35. The quantitative estimate of drug-likeness (QED) is 0.417. The van der Waals surface area contributed by atoms with Crippen LogP contribution < -0.4 is 10.1 Å². The van der Waals surface area contributed by atoms with Crippen LogP contribution >= 0.6 is 0 Å². The number of nitrogens with one attached hydrogen (secondary N) is 1. The molecule has 4 aromatic heterocycles. The first-order valence-electron chi connectivity index (χ1n) is 11.7. The standard InChI is InChI=1S/C25H31N5O2/c1-3-15-32-19-12-14-29-20(16-19)22(28-24(29)17(2)31)23-25(26-18-9-5-4-6-10-18)30-13-8-7-11-21(30)27-23/h7-8,11-14,16-18,26,31H,3-6,9-10,15H2,1-2H3. The number of anilines is 1. The smallest absolute Gasteiger partial charge is 0.142 e. The van der Waals surface area contributed by atoms with Crippen LogP contribution in [0.1, 0.15) is 64.3 Å². The third kappa shape index (κ3) is 3.81. The van der Waals surface area contributed by atoms with Crippen LogP contribution in [0.5, 0.6) is 5.75 Å². The first-order valence-corrected chi connectivity index (χ1v) is 11.7. The van der Waals surface area contributed by atoms with Gasteiger partial charge in [-0.2, -0.15) is 0 Å². The number of aliphatic hydroxyl groups excluding tert-OH is 1. The van der Waals surface area contributed by atoms with Crippen molar-refractivity contribution in [1.82, 2.24) is 18.8 Å². The lowest BCUT2D eigenvalue weighted by molar-refractivity contribution is 0.188. The maximum absolute atomic E-state index is 10.4. The molecule has 2 N–H and O–H groups in total. The van der Waals surface area contributed by atoms with Gasteiger partial charge in [-0.05, 0) is 44.4 Å². The fourth-order valence-electron chi connectivity index (χ4n) is 4.61. The largest absolute Gasteiger partial charge is 0.493 e. The number of fused-ring (bicyclic) bond motifs is 2. The summed E-state index contributed by atoms with van der Waals surface area (Å²) in [5, 5.41) is 14.2. The fraction of sp³-hybridized carbons (Fsp3) is 0.440. The Labute approximate surface area is 188 Å². The van der Waals surface area contributed by atoms with Crippen molar-refractivity contribution in [3.05, 3.63) is 48.5 Å². The Morgan fingerprint density at radius 1 is 1.09 bits per heavy atom. The summed E-state index contributed by atoms with van der Waals surface area (Å²) in [6.07, 6.45) is 10.3. The number of nitrogens with zero attached hydrogens (tertiary/aromatic N) is 4. The topological polar surface area (TPSA) is 76.1 Å². The molecule has 0 radical (unpaired) electrons. The van der Waals surface area contributed by atoms with Gasteiger partial charge in [0.1, 0.15) is 40.5 Å². The number of aliphatic hydroxyl groups is 1. The molecule has 7 heteroatoms. The molecule has 32 heavy (non-hydrogen) atoms. The maximum atomic E-state index is 10.4. The Kier molecular flexibility index (Phi) is 5.74. The first kappa shape index (κ1) is 20.8. The normalized spacial score (nSPS) is 16.0. The molecule has 5 rings (SSSR count). The van der Waals surface area contributed by atoms with Crippen molar-refractivity contribution >= 4 is 17.0 Å². The molecule has 1 fully saturated rings.